The van der Waals surface area contributed by atoms with E-state index in [1.807, 2.05) is 35.2 Å². The number of amides is 3. The van der Waals surface area contributed by atoms with E-state index in [-0.39, 0.29) is 24.0 Å². The molecule has 2 atom stereocenters. The average Bonchev–Trinajstić information content (AvgIpc) is 2.83. The standard InChI is InChI=1S/C14H17N3O2/c18-13-7-6-11(8-15-13)17-9-12(16-14(17)19)10-4-2-1-3-5-10/h1-5,11-12H,6-9H2,(H,15,18)(H,16,19). The maximum absolute atomic E-state index is 12.0. The molecule has 3 rings (SSSR count). The minimum absolute atomic E-state index is 0.0324. The van der Waals surface area contributed by atoms with E-state index >= 15 is 0 Å². The molecule has 5 nitrogen and oxygen atoms in total. The van der Waals surface area contributed by atoms with E-state index < -0.39 is 0 Å². The van der Waals surface area contributed by atoms with Gasteiger partial charge in [-0.1, -0.05) is 30.3 Å². The van der Waals surface area contributed by atoms with Crippen LogP contribution in [0.5, 0.6) is 0 Å². The minimum atomic E-state index is -0.0324. The van der Waals surface area contributed by atoms with Gasteiger partial charge in [0, 0.05) is 19.5 Å². The lowest BCUT2D eigenvalue weighted by Gasteiger charge is -2.30. The normalized spacial score (nSPS) is 27.1. The topological polar surface area (TPSA) is 61.4 Å². The Kier molecular flexibility index (Phi) is 3.11. The summed E-state index contributed by atoms with van der Waals surface area (Å²) in [4.78, 5) is 25.0. The molecule has 19 heavy (non-hydrogen) atoms. The first kappa shape index (κ1) is 12.0. The number of piperidine rings is 1. The summed E-state index contributed by atoms with van der Waals surface area (Å²) in [5, 5.41) is 5.83. The smallest absolute Gasteiger partial charge is 0.318 e. The number of hydrogen-bond donors (Lipinski definition) is 2. The Morgan fingerprint density at radius 2 is 1.95 bits per heavy atom. The van der Waals surface area contributed by atoms with Crippen molar-refractivity contribution >= 4 is 11.9 Å². The van der Waals surface area contributed by atoms with Crippen LogP contribution < -0.4 is 10.6 Å². The molecule has 0 aromatic heterocycles. The van der Waals surface area contributed by atoms with Gasteiger partial charge in [0.05, 0.1) is 12.1 Å². The molecule has 0 saturated carbocycles. The Bertz CT molecular complexity index is 479. The van der Waals surface area contributed by atoms with Crippen molar-refractivity contribution in [1.82, 2.24) is 15.5 Å². The molecule has 100 valence electrons. The molecular weight excluding hydrogens is 242 g/mol. The van der Waals surface area contributed by atoms with Crippen molar-refractivity contribution in [2.75, 3.05) is 13.1 Å². The largest absolute Gasteiger partial charge is 0.354 e. The highest BCUT2D eigenvalue weighted by atomic mass is 16.2. The molecule has 2 saturated heterocycles. The molecule has 3 amide bonds. The number of carbonyl (C=O) groups excluding carboxylic acids is 2. The van der Waals surface area contributed by atoms with Crippen molar-refractivity contribution in [3.63, 3.8) is 0 Å². The highest BCUT2D eigenvalue weighted by Gasteiger charge is 2.35. The fraction of sp³-hybridized carbons (Fsp3) is 0.429. The Labute approximate surface area is 112 Å². The van der Waals surface area contributed by atoms with Gasteiger partial charge in [-0.05, 0) is 12.0 Å². The second-order valence-electron chi connectivity index (χ2n) is 5.06. The maximum atomic E-state index is 12.0. The highest BCUT2D eigenvalue weighted by Crippen LogP contribution is 2.23. The van der Waals surface area contributed by atoms with Crippen LogP contribution in [0.3, 0.4) is 0 Å². The number of rotatable bonds is 2. The zero-order chi connectivity index (χ0) is 13.2. The van der Waals surface area contributed by atoms with E-state index in [9.17, 15) is 9.59 Å². The second kappa shape index (κ2) is 4.91. The summed E-state index contributed by atoms with van der Waals surface area (Å²) in [6.07, 6.45) is 1.26. The van der Waals surface area contributed by atoms with Gasteiger partial charge >= 0.3 is 6.03 Å². The summed E-state index contributed by atoms with van der Waals surface area (Å²) in [6, 6.07) is 10.1. The summed E-state index contributed by atoms with van der Waals surface area (Å²) in [7, 11) is 0. The molecule has 0 aliphatic carbocycles. The predicted molar refractivity (Wildman–Crippen MR) is 70.5 cm³/mol. The average molecular weight is 259 g/mol. The van der Waals surface area contributed by atoms with Crippen LogP contribution >= 0.6 is 0 Å². The summed E-state index contributed by atoms with van der Waals surface area (Å²) >= 11 is 0. The van der Waals surface area contributed by atoms with Gasteiger partial charge in [-0.25, -0.2) is 4.79 Å². The van der Waals surface area contributed by atoms with Crippen molar-refractivity contribution in [2.24, 2.45) is 0 Å². The van der Waals surface area contributed by atoms with Crippen LogP contribution in [0.15, 0.2) is 30.3 Å². The third-order valence-electron chi connectivity index (χ3n) is 3.82. The van der Waals surface area contributed by atoms with Gasteiger partial charge in [-0.3, -0.25) is 4.79 Å². The molecule has 0 bridgehead atoms. The van der Waals surface area contributed by atoms with Gasteiger partial charge < -0.3 is 15.5 Å². The van der Waals surface area contributed by atoms with E-state index in [4.69, 9.17) is 0 Å². The molecule has 2 N–H and O–H groups in total. The van der Waals surface area contributed by atoms with Crippen LogP contribution in [-0.4, -0.2) is 36.0 Å². The van der Waals surface area contributed by atoms with Crippen molar-refractivity contribution in [3.8, 4) is 0 Å². The van der Waals surface area contributed by atoms with Crippen molar-refractivity contribution in [2.45, 2.75) is 24.9 Å². The third-order valence-corrected chi connectivity index (χ3v) is 3.82. The Balaban J connectivity index is 1.69. The Morgan fingerprint density at radius 3 is 2.63 bits per heavy atom. The van der Waals surface area contributed by atoms with Crippen molar-refractivity contribution in [1.29, 1.82) is 0 Å². The first-order chi connectivity index (χ1) is 9.24. The highest BCUT2D eigenvalue weighted by molar-refractivity contribution is 5.79. The fourth-order valence-electron chi connectivity index (χ4n) is 2.73. The number of nitrogens with zero attached hydrogens (tertiary/aromatic N) is 1. The fourth-order valence-corrected chi connectivity index (χ4v) is 2.73. The maximum Gasteiger partial charge on any atom is 0.318 e. The number of urea groups is 1. The van der Waals surface area contributed by atoms with Gasteiger partial charge in [0.25, 0.3) is 0 Å². The summed E-state index contributed by atoms with van der Waals surface area (Å²) in [5.41, 5.74) is 1.12. The first-order valence-electron chi connectivity index (χ1n) is 6.63. The van der Waals surface area contributed by atoms with Gasteiger partial charge in [0.2, 0.25) is 5.91 Å². The third kappa shape index (κ3) is 2.41. The lowest BCUT2D eigenvalue weighted by Crippen LogP contribution is -2.49. The number of nitrogens with one attached hydrogen (secondary N) is 2. The monoisotopic (exact) mass is 259 g/mol. The van der Waals surface area contributed by atoms with E-state index in [1.165, 1.54) is 0 Å². The molecule has 2 heterocycles. The molecule has 1 aromatic rings. The van der Waals surface area contributed by atoms with E-state index in [0.29, 0.717) is 19.5 Å². The minimum Gasteiger partial charge on any atom is -0.354 e. The predicted octanol–water partition coefficient (Wildman–Crippen LogP) is 1.03. The Hall–Kier alpha value is -2.04. The lowest BCUT2D eigenvalue weighted by molar-refractivity contribution is -0.123. The summed E-state index contributed by atoms with van der Waals surface area (Å²) < 4.78 is 0. The van der Waals surface area contributed by atoms with Gasteiger partial charge in [-0.2, -0.15) is 0 Å². The zero-order valence-corrected chi connectivity index (χ0v) is 10.6. The van der Waals surface area contributed by atoms with Crippen LogP contribution in [0.2, 0.25) is 0 Å². The summed E-state index contributed by atoms with van der Waals surface area (Å²) in [6.45, 7) is 1.23. The van der Waals surface area contributed by atoms with Crippen LogP contribution in [0.1, 0.15) is 24.4 Å². The molecule has 2 aliphatic heterocycles. The molecule has 2 unspecified atom stereocenters. The van der Waals surface area contributed by atoms with Crippen LogP contribution in [0, 0.1) is 0 Å². The zero-order valence-electron chi connectivity index (χ0n) is 10.6. The van der Waals surface area contributed by atoms with Crippen LogP contribution in [0.4, 0.5) is 4.79 Å². The van der Waals surface area contributed by atoms with Gasteiger partial charge in [0.1, 0.15) is 0 Å². The molecule has 5 heteroatoms. The van der Waals surface area contributed by atoms with Crippen molar-refractivity contribution < 1.29 is 9.59 Å². The van der Waals surface area contributed by atoms with Gasteiger partial charge in [-0.15, -0.1) is 0 Å². The molecule has 0 radical (unpaired) electrons. The number of benzene rings is 1. The van der Waals surface area contributed by atoms with E-state index in [1.54, 1.807) is 0 Å². The molecule has 2 aliphatic rings. The summed E-state index contributed by atoms with van der Waals surface area (Å²) in [5.74, 6) is 0.0791. The van der Waals surface area contributed by atoms with Crippen LogP contribution in [-0.2, 0) is 4.79 Å². The molecule has 0 spiro atoms. The molecular formula is C14H17N3O2. The first-order valence-corrected chi connectivity index (χ1v) is 6.63. The Morgan fingerprint density at radius 1 is 1.16 bits per heavy atom. The van der Waals surface area contributed by atoms with E-state index in [0.717, 1.165) is 12.0 Å². The number of carbonyl (C=O) groups is 2. The van der Waals surface area contributed by atoms with E-state index in [2.05, 4.69) is 10.6 Å². The molecule has 2 fully saturated rings. The molecule has 1 aromatic carbocycles. The lowest BCUT2D eigenvalue weighted by atomic mass is 10.0. The van der Waals surface area contributed by atoms with Gasteiger partial charge in [0.15, 0.2) is 0 Å². The quantitative estimate of drug-likeness (QED) is 0.833. The number of hydrogen-bond acceptors (Lipinski definition) is 2. The van der Waals surface area contributed by atoms with Crippen molar-refractivity contribution in [3.05, 3.63) is 35.9 Å². The second-order valence-corrected chi connectivity index (χ2v) is 5.06. The van der Waals surface area contributed by atoms with Crippen LogP contribution in [0.25, 0.3) is 0 Å². The SMILES string of the molecule is O=C1CCC(N2CC(c3ccccc3)NC2=O)CN1.